The first-order valence-corrected chi connectivity index (χ1v) is 13.4. The number of piperazine rings is 1. The Bertz CT molecular complexity index is 990. The normalized spacial score (nSPS) is 29.9. The van der Waals surface area contributed by atoms with Crippen molar-refractivity contribution < 1.29 is 24.2 Å². The van der Waals surface area contributed by atoms with Gasteiger partial charge in [-0.2, -0.15) is 0 Å². The van der Waals surface area contributed by atoms with Crippen LogP contribution < -0.4 is 4.74 Å². The van der Waals surface area contributed by atoms with Crippen LogP contribution in [0.25, 0.3) is 0 Å². The molecule has 3 aliphatic rings. The quantitative estimate of drug-likeness (QED) is 0.642. The van der Waals surface area contributed by atoms with Gasteiger partial charge in [-0.25, -0.2) is 0 Å². The Kier molecular flexibility index (Phi) is 6.44. The number of aliphatic hydroxyl groups is 1. The Balaban J connectivity index is 1.75. The third-order valence-corrected chi connectivity index (χ3v) is 12.1. The molecule has 9 heteroatoms. The molecule has 2 aromatic carbocycles. The van der Waals surface area contributed by atoms with Gasteiger partial charge in [0.25, 0.3) is 5.37 Å². The molecule has 170 valence electrons. The average Bonchev–Trinajstić information content (AvgIpc) is 2.91. The predicted molar refractivity (Wildman–Crippen MR) is 127 cm³/mol. The minimum atomic E-state index is -1.96. The third-order valence-electron chi connectivity index (χ3n) is 5.97. The maximum atomic E-state index is 13.4. The minimum Gasteiger partial charge on any atom is -0.497 e. The lowest BCUT2D eigenvalue weighted by molar-refractivity contribution is -0.174. The van der Waals surface area contributed by atoms with E-state index in [0.29, 0.717) is 6.61 Å². The number of fused-ring (bicyclic) bond motifs is 4. The number of benzene rings is 2. The maximum Gasteiger partial charge on any atom is 0.398 e. The van der Waals surface area contributed by atoms with Crippen molar-refractivity contribution in [1.29, 1.82) is 0 Å². The first-order valence-electron chi connectivity index (χ1n) is 10.2. The number of methoxy groups -OCH3 is 1. The van der Waals surface area contributed by atoms with Gasteiger partial charge in [0.2, 0.25) is 5.94 Å². The zero-order valence-corrected chi connectivity index (χ0v) is 20.2. The Morgan fingerprint density at radius 1 is 1.06 bits per heavy atom. The lowest BCUT2D eigenvalue weighted by atomic mass is 10.2. The van der Waals surface area contributed by atoms with Crippen molar-refractivity contribution in [3.05, 3.63) is 65.7 Å². The molecule has 2 amide bonds. The maximum absolute atomic E-state index is 13.4. The van der Waals surface area contributed by atoms with E-state index in [-0.39, 0.29) is 16.4 Å². The number of carbonyl (C=O) groups excluding carboxylic acids is 2. The second-order valence-corrected chi connectivity index (χ2v) is 12.4. The number of likely N-dealkylation sites (N-methyl/N-ethyl adjacent to an activating group) is 2. The number of carbonyl (C=O) groups is 2. The van der Waals surface area contributed by atoms with Crippen LogP contribution in [0.4, 0.5) is 0 Å². The van der Waals surface area contributed by atoms with Crippen LogP contribution in [0.2, 0.25) is 0 Å². The summed E-state index contributed by atoms with van der Waals surface area (Å²) in [5.41, 5.74) is 1.96. The second-order valence-electron chi connectivity index (χ2n) is 7.87. The molecule has 0 spiro atoms. The van der Waals surface area contributed by atoms with Crippen LogP contribution in [0.3, 0.4) is 0 Å². The molecule has 5 atom stereocenters. The summed E-state index contributed by atoms with van der Waals surface area (Å²) in [6.45, 7) is 0.359. The molecule has 2 bridgehead atoms. The van der Waals surface area contributed by atoms with Crippen molar-refractivity contribution in [2.24, 2.45) is 0 Å². The standard InChI is InChI=1S/C23H28N2O5S2/c1-24-20-19(26)25(2)23(28,22(24)27)32(15-30-14-16-8-6-5-7-9-16)21(31(20)4)17-10-12-18(29-3)13-11-17/h5-13,20-21,28H,14-15H2,1-4H3/q+2. The summed E-state index contributed by atoms with van der Waals surface area (Å²) in [5, 5.41) is 9.23. The van der Waals surface area contributed by atoms with E-state index < -0.39 is 38.1 Å². The highest BCUT2D eigenvalue weighted by atomic mass is 32.3. The summed E-state index contributed by atoms with van der Waals surface area (Å²) in [6, 6.07) is 17.4. The predicted octanol–water partition coefficient (Wildman–Crippen LogP) is 1.65. The van der Waals surface area contributed by atoms with E-state index in [1.165, 1.54) is 16.8 Å². The fraction of sp³-hybridized carbons (Fsp3) is 0.391. The van der Waals surface area contributed by atoms with E-state index >= 15 is 0 Å². The zero-order valence-electron chi connectivity index (χ0n) is 18.6. The van der Waals surface area contributed by atoms with Crippen LogP contribution in [-0.2, 0) is 42.7 Å². The summed E-state index contributed by atoms with van der Waals surface area (Å²) in [7, 11) is 3.16. The van der Waals surface area contributed by atoms with Gasteiger partial charge in [0.1, 0.15) is 22.9 Å². The molecule has 3 aliphatic heterocycles. The number of rotatable bonds is 6. The van der Waals surface area contributed by atoms with Gasteiger partial charge >= 0.3 is 21.5 Å². The fourth-order valence-corrected chi connectivity index (χ4v) is 10.6. The van der Waals surface area contributed by atoms with Crippen molar-refractivity contribution >= 4 is 33.6 Å². The van der Waals surface area contributed by atoms with E-state index in [4.69, 9.17) is 9.47 Å². The Morgan fingerprint density at radius 2 is 1.72 bits per heavy atom. The van der Waals surface area contributed by atoms with Gasteiger partial charge in [-0.3, -0.25) is 19.4 Å². The number of hydrogen-bond acceptors (Lipinski definition) is 5. The van der Waals surface area contributed by atoms with Crippen LogP contribution in [0.15, 0.2) is 54.6 Å². The van der Waals surface area contributed by atoms with Crippen molar-refractivity contribution in [2.75, 3.05) is 33.4 Å². The molecule has 32 heavy (non-hydrogen) atoms. The minimum absolute atomic E-state index is 0.156. The molecular formula is C23H28N2O5S2+2. The monoisotopic (exact) mass is 476 g/mol. The summed E-state index contributed by atoms with van der Waals surface area (Å²) in [6.07, 6.45) is 2.00. The Hall–Kier alpha value is -2.20. The summed E-state index contributed by atoms with van der Waals surface area (Å²) in [4.78, 5) is 29.2. The molecule has 3 saturated heterocycles. The van der Waals surface area contributed by atoms with Gasteiger partial charge in [0, 0.05) is 14.1 Å². The highest BCUT2D eigenvalue weighted by Gasteiger charge is 2.76. The van der Waals surface area contributed by atoms with Crippen LogP contribution in [0.1, 0.15) is 15.7 Å². The second kappa shape index (κ2) is 8.97. The molecule has 2 aromatic rings. The van der Waals surface area contributed by atoms with Crippen LogP contribution in [0.5, 0.6) is 5.75 Å². The molecule has 5 unspecified atom stereocenters. The van der Waals surface area contributed by atoms with E-state index in [1.807, 2.05) is 60.9 Å². The van der Waals surface area contributed by atoms with E-state index in [2.05, 4.69) is 0 Å². The van der Waals surface area contributed by atoms with E-state index in [1.54, 1.807) is 14.2 Å². The van der Waals surface area contributed by atoms with Crippen molar-refractivity contribution in [3.63, 3.8) is 0 Å². The van der Waals surface area contributed by atoms with Gasteiger partial charge in [0.15, 0.2) is 0 Å². The average molecular weight is 477 g/mol. The lowest BCUT2D eigenvalue weighted by Gasteiger charge is -2.38. The SMILES string of the molecule is COc1ccc(C2[S+](C)C3C(=O)N(C)C(O)(C(=O)N3C)[S+]2COCc2ccccc2)cc1. The molecule has 3 heterocycles. The summed E-state index contributed by atoms with van der Waals surface area (Å²) in [5.74, 6) is 0.189. The van der Waals surface area contributed by atoms with Crippen LogP contribution >= 0.6 is 0 Å². The number of ether oxygens (including phenoxy) is 2. The van der Waals surface area contributed by atoms with E-state index in [0.717, 1.165) is 16.9 Å². The summed E-state index contributed by atoms with van der Waals surface area (Å²) >= 11 is 0. The molecule has 0 aromatic heterocycles. The molecule has 3 fully saturated rings. The topological polar surface area (TPSA) is 79.3 Å². The Morgan fingerprint density at radius 3 is 2.34 bits per heavy atom. The fourth-order valence-electron chi connectivity index (χ4n) is 4.21. The molecule has 0 aliphatic carbocycles. The van der Waals surface area contributed by atoms with Crippen molar-refractivity contribution in [1.82, 2.24) is 9.80 Å². The molecule has 0 radical (unpaired) electrons. The van der Waals surface area contributed by atoms with Crippen LogP contribution in [0, 0.1) is 0 Å². The number of nitrogens with zero attached hydrogens (tertiary/aromatic N) is 2. The lowest BCUT2D eigenvalue weighted by Crippen LogP contribution is -2.71. The van der Waals surface area contributed by atoms with Gasteiger partial charge in [0.05, 0.1) is 30.2 Å². The molecule has 1 N–H and O–H groups in total. The Labute approximate surface area is 194 Å². The number of amides is 2. The van der Waals surface area contributed by atoms with Crippen molar-refractivity contribution in [2.45, 2.75) is 21.6 Å². The van der Waals surface area contributed by atoms with Gasteiger partial charge in [-0.15, -0.1) is 0 Å². The third kappa shape index (κ3) is 3.67. The molecule has 7 nitrogen and oxygen atoms in total. The first kappa shape index (κ1) is 23.0. The zero-order chi connectivity index (χ0) is 23.0. The van der Waals surface area contributed by atoms with E-state index in [9.17, 15) is 14.7 Å². The highest BCUT2D eigenvalue weighted by Crippen LogP contribution is 2.48. The van der Waals surface area contributed by atoms with Crippen LogP contribution in [-0.4, -0.2) is 70.6 Å². The molecular weight excluding hydrogens is 448 g/mol. The van der Waals surface area contributed by atoms with Crippen molar-refractivity contribution in [3.8, 4) is 5.75 Å². The smallest absolute Gasteiger partial charge is 0.398 e. The molecule has 5 rings (SSSR count). The molecule has 0 saturated carbocycles. The largest absolute Gasteiger partial charge is 0.497 e. The van der Waals surface area contributed by atoms with Gasteiger partial charge < -0.3 is 14.6 Å². The number of hydrogen-bond donors (Lipinski definition) is 1. The van der Waals surface area contributed by atoms with Gasteiger partial charge in [-0.1, -0.05) is 30.3 Å². The first-order chi connectivity index (χ1) is 15.3. The van der Waals surface area contributed by atoms with Gasteiger partial charge in [-0.05, 0) is 29.8 Å². The summed E-state index contributed by atoms with van der Waals surface area (Å²) < 4.78 is 11.1. The highest BCUT2D eigenvalue weighted by molar-refractivity contribution is 8.14.